The van der Waals surface area contributed by atoms with Crippen molar-refractivity contribution in [3.8, 4) is 0 Å². The molecule has 94 valence electrons. The number of aryl methyl sites for hydroxylation is 1. The van der Waals surface area contributed by atoms with Crippen molar-refractivity contribution in [3.05, 3.63) is 32.7 Å². The van der Waals surface area contributed by atoms with Crippen LogP contribution in [0.3, 0.4) is 0 Å². The first-order valence-corrected chi connectivity index (χ1v) is 7.34. The largest absolute Gasteiger partial charge is 0.344 e. The molecule has 1 amide bonds. The summed E-state index contributed by atoms with van der Waals surface area (Å²) < 4.78 is 2.62. The molecule has 3 heterocycles. The number of nitrogens with zero attached hydrogens (tertiary/aromatic N) is 3. The number of carbonyl (C=O) groups is 1. The topological polar surface area (TPSA) is 59.8 Å². The second-order valence-electron chi connectivity index (χ2n) is 4.03. The van der Waals surface area contributed by atoms with Crippen molar-refractivity contribution < 1.29 is 4.79 Å². The second-order valence-corrected chi connectivity index (χ2v) is 5.76. The third-order valence-electron chi connectivity index (χ3n) is 2.88. The molecule has 0 spiro atoms. The maximum Gasteiger partial charge on any atom is 0.271 e. The van der Waals surface area contributed by atoms with E-state index in [2.05, 4.69) is 31.2 Å². The fourth-order valence-electron chi connectivity index (χ4n) is 2.09. The molecule has 0 fully saturated rings. The van der Waals surface area contributed by atoms with Crippen LogP contribution in [0.15, 0.2) is 16.2 Å². The Morgan fingerprint density at radius 2 is 2.50 bits per heavy atom. The van der Waals surface area contributed by atoms with Crippen LogP contribution >= 0.6 is 27.3 Å². The molecule has 18 heavy (non-hydrogen) atoms. The Hall–Kier alpha value is -1.21. The molecule has 0 unspecified atom stereocenters. The molecular weight excluding hydrogens is 316 g/mol. The van der Waals surface area contributed by atoms with Crippen molar-refractivity contribution >= 4 is 33.2 Å². The molecule has 1 aliphatic heterocycles. The third-order valence-corrected chi connectivity index (χ3v) is 4.22. The summed E-state index contributed by atoms with van der Waals surface area (Å²) in [6.07, 6.45) is 3.74. The predicted molar refractivity (Wildman–Crippen MR) is 71.5 cm³/mol. The fourth-order valence-corrected chi connectivity index (χ4v) is 3.24. The average Bonchev–Trinajstić information content (AvgIpc) is 3.01. The molecule has 1 N–H and O–H groups in total. The van der Waals surface area contributed by atoms with Gasteiger partial charge in [-0.15, -0.1) is 11.3 Å². The van der Waals surface area contributed by atoms with E-state index >= 15 is 0 Å². The van der Waals surface area contributed by atoms with E-state index in [4.69, 9.17) is 0 Å². The summed E-state index contributed by atoms with van der Waals surface area (Å²) in [4.78, 5) is 20.7. The number of rotatable bonds is 3. The normalized spacial score (nSPS) is 13.6. The highest BCUT2D eigenvalue weighted by molar-refractivity contribution is 9.10. The number of halogens is 1. The molecule has 3 rings (SSSR count). The summed E-state index contributed by atoms with van der Waals surface area (Å²) in [6.45, 7) is 1.33. The van der Waals surface area contributed by atoms with Gasteiger partial charge in [-0.05, 0) is 22.4 Å². The van der Waals surface area contributed by atoms with Gasteiger partial charge in [-0.1, -0.05) is 0 Å². The number of carbonyl (C=O) groups excluding carboxylic acids is 1. The molecule has 0 atom stereocenters. The number of imidazole rings is 1. The van der Waals surface area contributed by atoms with Gasteiger partial charge in [0.25, 0.3) is 5.91 Å². The summed E-state index contributed by atoms with van der Waals surface area (Å²) in [6, 6.07) is 0. The molecule has 5 nitrogen and oxygen atoms in total. The van der Waals surface area contributed by atoms with Crippen molar-refractivity contribution in [2.24, 2.45) is 0 Å². The first-order chi connectivity index (χ1) is 8.75. The van der Waals surface area contributed by atoms with Crippen LogP contribution in [-0.2, 0) is 19.5 Å². The number of amides is 1. The van der Waals surface area contributed by atoms with E-state index in [-0.39, 0.29) is 5.91 Å². The van der Waals surface area contributed by atoms with E-state index in [0.29, 0.717) is 16.8 Å². The minimum absolute atomic E-state index is 0.0993. The molecule has 0 saturated carbocycles. The van der Waals surface area contributed by atoms with Crippen LogP contribution < -0.4 is 5.32 Å². The van der Waals surface area contributed by atoms with Gasteiger partial charge in [-0.2, -0.15) is 0 Å². The summed E-state index contributed by atoms with van der Waals surface area (Å²) >= 11 is 4.89. The fraction of sp³-hybridized carbons (Fsp3) is 0.364. The van der Waals surface area contributed by atoms with Gasteiger partial charge < -0.3 is 9.88 Å². The number of thiazole rings is 1. The molecule has 0 aromatic carbocycles. The molecular formula is C11H11BrN4OS. The predicted octanol–water partition coefficient (Wildman–Crippen LogP) is 1.98. The van der Waals surface area contributed by atoms with Crippen molar-refractivity contribution in [2.75, 3.05) is 0 Å². The third kappa shape index (κ3) is 2.08. The van der Waals surface area contributed by atoms with Crippen molar-refractivity contribution in [1.29, 1.82) is 0 Å². The number of nitrogens with one attached hydrogen (secondary N) is 1. The van der Waals surface area contributed by atoms with E-state index in [9.17, 15) is 4.79 Å². The molecule has 2 aromatic rings. The second kappa shape index (κ2) is 4.81. The van der Waals surface area contributed by atoms with Gasteiger partial charge >= 0.3 is 0 Å². The van der Waals surface area contributed by atoms with E-state index in [1.165, 1.54) is 11.3 Å². The van der Waals surface area contributed by atoms with Crippen molar-refractivity contribution in [1.82, 2.24) is 19.9 Å². The molecule has 0 aliphatic carbocycles. The van der Waals surface area contributed by atoms with Crippen LogP contribution in [0.5, 0.6) is 0 Å². The van der Waals surface area contributed by atoms with Crippen LogP contribution in [0, 0.1) is 0 Å². The molecule has 0 saturated heterocycles. The summed E-state index contributed by atoms with van der Waals surface area (Å²) in [5.41, 5.74) is 0.624. The lowest BCUT2D eigenvalue weighted by molar-refractivity contribution is 0.0941. The molecule has 7 heteroatoms. The summed E-state index contributed by atoms with van der Waals surface area (Å²) in [5, 5.41) is 5.68. The van der Waals surface area contributed by atoms with Crippen LogP contribution in [0.2, 0.25) is 0 Å². The SMILES string of the molecule is O=C(NCc1nccs1)c1c(Br)nc2n1CCC2. The summed E-state index contributed by atoms with van der Waals surface area (Å²) in [7, 11) is 0. The maximum absolute atomic E-state index is 12.2. The van der Waals surface area contributed by atoms with Gasteiger partial charge in [0, 0.05) is 24.5 Å². The highest BCUT2D eigenvalue weighted by atomic mass is 79.9. The lowest BCUT2D eigenvalue weighted by atomic mass is 10.3. The van der Waals surface area contributed by atoms with Gasteiger partial charge in [0.1, 0.15) is 21.1 Å². The van der Waals surface area contributed by atoms with Gasteiger partial charge in [0.2, 0.25) is 0 Å². The van der Waals surface area contributed by atoms with Crippen LogP contribution in [0.25, 0.3) is 0 Å². The quantitative estimate of drug-likeness (QED) is 0.938. The maximum atomic E-state index is 12.2. The first kappa shape index (κ1) is 11.9. The molecule has 1 aliphatic rings. The van der Waals surface area contributed by atoms with Crippen LogP contribution in [0.4, 0.5) is 0 Å². The minimum atomic E-state index is -0.0993. The van der Waals surface area contributed by atoms with E-state index < -0.39 is 0 Å². The number of aromatic nitrogens is 3. The molecule has 0 bridgehead atoms. The highest BCUT2D eigenvalue weighted by Crippen LogP contribution is 2.23. The molecule has 0 radical (unpaired) electrons. The first-order valence-electron chi connectivity index (χ1n) is 5.67. The van der Waals surface area contributed by atoms with Gasteiger partial charge in [0.05, 0.1) is 6.54 Å². The zero-order valence-corrected chi connectivity index (χ0v) is 11.9. The Balaban J connectivity index is 1.76. The lowest BCUT2D eigenvalue weighted by Crippen LogP contribution is -2.25. The smallest absolute Gasteiger partial charge is 0.271 e. The Labute approximate surface area is 116 Å². The van der Waals surface area contributed by atoms with Crippen molar-refractivity contribution in [3.63, 3.8) is 0 Å². The highest BCUT2D eigenvalue weighted by Gasteiger charge is 2.24. The summed E-state index contributed by atoms with van der Waals surface area (Å²) in [5.74, 6) is 0.888. The monoisotopic (exact) mass is 326 g/mol. The number of hydrogen-bond acceptors (Lipinski definition) is 4. The van der Waals surface area contributed by atoms with Crippen LogP contribution in [0.1, 0.15) is 27.7 Å². The van der Waals surface area contributed by atoms with E-state index in [1.54, 1.807) is 6.20 Å². The zero-order valence-electron chi connectivity index (χ0n) is 9.52. The Morgan fingerprint density at radius 3 is 3.28 bits per heavy atom. The molecule has 2 aromatic heterocycles. The zero-order chi connectivity index (χ0) is 12.5. The standard InChI is InChI=1S/C11H11BrN4OS/c12-10-9(16-4-1-2-7(16)15-10)11(17)14-6-8-13-3-5-18-8/h3,5H,1-2,4,6H2,(H,14,17). The van der Waals surface area contributed by atoms with Gasteiger partial charge in [-0.3, -0.25) is 4.79 Å². The Bertz CT molecular complexity index is 578. The Kier molecular flexibility index (Phi) is 3.17. The number of hydrogen-bond donors (Lipinski definition) is 1. The van der Waals surface area contributed by atoms with Crippen LogP contribution in [-0.4, -0.2) is 20.4 Å². The minimum Gasteiger partial charge on any atom is -0.344 e. The number of fused-ring (bicyclic) bond motifs is 1. The van der Waals surface area contributed by atoms with Gasteiger partial charge in [-0.25, -0.2) is 9.97 Å². The van der Waals surface area contributed by atoms with E-state index in [1.807, 2.05) is 9.95 Å². The van der Waals surface area contributed by atoms with Crippen molar-refractivity contribution in [2.45, 2.75) is 25.9 Å². The van der Waals surface area contributed by atoms with Gasteiger partial charge in [0.15, 0.2) is 0 Å². The average molecular weight is 327 g/mol. The van der Waals surface area contributed by atoms with E-state index in [0.717, 1.165) is 30.2 Å². The Morgan fingerprint density at radius 1 is 1.61 bits per heavy atom. The lowest BCUT2D eigenvalue weighted by Gasteiger charge is -2.06.